The molecule has 1 heterocycles. The smallest absolute Gasteiger partial charge is 0.225 e. The van der Waals surface area contributed by atoms with Crippen LogP contribution in [0.15, 0.2) is 0 Å². The molecular formula is C13H24N2O3. The second-order valence-corrected chi connectivity index (χ2v) is 4.96. The number of rotatable bonds is 7. The summed E-state index contributed by atoms with van der Waals surface area (Å²) in [6, 6.07) is -0.0118. The molecule has 1 fully saturated rings. The molecule has 0 aliphatic carbocycles. The summed E-state index contributed by atoms with van der Waals surface area (Å²) in [5.74, 6) is -0.136. The van der Waals surface area contributed by atoms with Crippen LogP contribution in [0.25, 0.3) is 0 Å². The molecule has 1 saturated heterocycles. The summed E-state index contributed by atoms with van der Waals surface area (Å²) in [4.78, 5) is 25.5. The van der Waals surface area contributed by atoms with Gasteiger partial charge >= 0.3 is 0 Å². The molecule has 1 aliphatic rings. The van der Waals surface area contributed by atoms with Gasteiger partial charge < -0.3 is 15.0 Å². The Morgan fingerprint density at radius 3 is 2.94 bits per heavy atom. The summed E-state index contributed by atoms with van der Waals surface area (Å²) in [7, 11) is 1.61. The van der Waals surface area contributed by atoms with Crippen LogP contribution in [0.4, 0.5) is 0 Å². The number of methoxy groups -OCH3 is 1. The third kappa shape index (κ3) is 4.29. The number of likely N-dealkylation sites (tertiary alicyclic amines) is 1. The first-order valence-electron chi connectivity index (χ1n) is 6.65. The summed E-state index contributed by atoms with van der Waals surface area (Å²) >= 11 is 0. The molecule has 18 heavy (non-hydrogen) atoms. The molecule has 5 heteroatoms. The van der Waals surface area contributed by atoms with E-state index in [9.17, 15) is 9.59 Å². The van der Waals surface area contributed by atoms with Crippen molar-refractivity contribution in [3.8, 4) is 0 Å². The molecular weight excluding hydrogens is 232 g/mol. The van der Waals surface area contributed by atoms with E-state index in [1.807, 2.05) is 6.92 Å². The Hall–Kier alpha value is -1.10. The third-order valence-corrected chi connectivity index (χ3v) is 3.17. The molecule has 0 unspecified atom stereocenters. The van der Waals surface area contributed by atoms with E-state index in [-0.39, 0.29) is 23.8 Å². The normalized spacial score (nSPS) is 21.2. The fraction of sp³-hybridized carbons (Fsp3) is 0.846. The maximum atomic E-state index is 11.9. The standard InChI is InChI=1S/C13H24N2O3/c1-4-5-6-15-8-11(7-12(15)16)13(17)14-10(2)9-18-3/h10-11H,4-9H2,1-3H3,(H,14,17)/t10-,11+/m1/s1. The number of hydrogen-bond donors (Lipinski definition) is 1. The second-order valence-electron chi connectivity index (χ2n) is 4.96. The van der Waals surface area contributed by atoms with E-state index < -0.39 is 0 Å². The van der Waals surface area contributed by atoms with Crippen LogP contribution >= 0.6 is 0 Å². The molecule has 0 aromatic carbocycles. The first kappa shape index (κ1) is 15.0. The van der Waals surface area contributed by atoms with Crippen molar-refractivity contribution in [3.63, 3.8) is 0 Å². The lowest BCUT2D eigenvalue weighted by Gasteiger charge is -2.17. The Kier molecular flexibility index (Phi) is 6.12. The lowest BCUT2D eigenvalue weighted by Crippen LogP contribution is -2.40. The first-order valence-corrected chi connectivity index (χ1v) is 6.65. The SMILES string of the molecule is CCCCN1C[C@@H](C(=O)N[C@H](C)COC)CC1=O. The van der Waals surface area contributed by atoms with E-state index in [0.717, 1.165) is 19.4 Å². The zero-order valence-corrected chi connectivity index (χ0v) is 11.6. The van der Waals surface area contributed by atoms with Crippen molar-refractivity contribution >= 4 is 11.8 Å². The molecule has 1 rings (SSSR count). The van der Waals surface area contributed by atoms with Gasteiger partial charge in [-0.25, -0.2) is 0 Å². The first-order chi connectivity index (χ1) is 8.58. The van der Waals surface area contributed by atoms with Gasteiger partial charge in [0.25, 0.3) is 0 Å². The Labute approximate surface area is 109 Å². The van der Waals surface area contributed by atoms with Crippen molar-refractivity contribution in [1.29, 1.82) is 0 Å². The number of amides is 2. The van der Waals surface area contributed by atoms with Crippen molar-refractivity contribution in [2.45, 2.75) is 39.2 Å². The molecule has 0 saturated carbocycles. The number of nitrogens with one attached hydrogen (secondary N) is 1. The largest absolute Gasteiger partial charge is 0.383 e. The molecule has 2 atom stereocenters. The van der Waals surface area contributed by atoms with E-state index in [1.54, 1.807) is 12.0 Å². The van der Waals surface area contributed by atoms with Crippen LogP contribution in [0.1, 0.15) is 33.1 Å². The van der Waals surface area contributed by atoms with Gasteiger partial charge in [0.15, 0.2) is 0 Å². The van der Waals surface area contributed by atoms with Crippen molar-refractivity contribution in [1.82, 2.24) is 10.2 Å². The third-order valence-electron chi connectivity index (χ3n) is 3.17. The van der Waals surface area contributed by atoms with Gasteiger partial charge in [-0.1, -0.05) is 13.3 Å². The summed E-state index contributed by atoms with van der Waals surface area (Å²) in [5, 5.41) is 2.88. The maximum Gasteiger partial charge on any atom is 0.225 e. The van der Waals surface area contributed by atoms with Crippen LogP contribution in [0.3, 0.4) is 0 Å². The highest BCUT2D eigenvalue weighted by Crippen LogP contribution is 2.18. The molecule has 2 amide bonds. The number of unbranched alkanes of at least 4 members (excludes halogenated alkanes) is 1. The Morgan fingerprint density at radius 1 is 1.61 bits per heavy atom. The minimum absolute atomic E-state index is 0.0118. The highest BCUT2D eigenvalue weighted by Gasteiger charge is 2.34. The minimum Gasteiger partial charge on any atom is -0.383 e. The monoisotopic (exact) mass is 256 g/mol. The van der Waals surface area contributed by atoms with Gasteiger partial charge in [-0.3, -0.25) is 9.59 Å². The van der Waals surface area contributed by atoms with E-state index in [0.29, 0.717) is 19.6 Å². The fourth-order valence-corrected chi connectivity index (χ4v) is 2.17. The minimum atomic E-state index is -0.200. The van der Waals surface area contributed by atoms with Gasteiger partial charge in [0.2, 0.25) is 11.8 Å². The topological polar surface area (TPSA) is 58.6 Å². The molecule has 104 valence electrons. The Bertz CT molecular complexity index is 294. The summed E-state index contributed by atoms with van der Waals surface area (Å²) in [6.45, 7) is 5.81. The van der Waals surface area contributed by atoms with E-state index in [2.05, 4.69) is 12.2 Å². The van der Waals surface area contributed by atoms with Gasteiger partial charge in [-0.15, -0.1) is 0 Å². The number of carbonyl (C=O) groups excluding carboxylic acids is 2. The average Bonchev–Trinajstić information content (AvgIpc) is 2.68. The lowest BCUT2D eigenvalue weighted by molar-refractivity contribution is -0.129. The zero-order chi connectivity index (χ0) is 13.5. The van der Waals surface area contributed by atoms with Crippen molar-refractivity contribution in [3.05, 3.63) is 0 Å². The van der Waals surface area contributed by atoms with E-state index >= 15 is 0 Å². The van der Waals surface area contributed by atoms with Crippen LogP contribution in [-0.4, -0.2) is 49.6 Å². The highest BCUT2D eigenvalue weighted by molar-refractivity contribution is 5.89. The lowest BCUT2D eigenvalue weighted by atomic mass is 10.1. The summed E-state index contributed by atoms with van der Waals surface area (Å²) < 4.78 is 4.97. The quantitative estimate of drug-likeness (QED) is 0.732. The number of carbonyl (C=O) groups is 2. The van der Waals surface area contributed by atoms with E-state index in [1.165, 1.54) is 0 Å². The van der Waals surface area contributed by atoms with Crippen molar-refractivity contribution < 1.29 is 14.3 Å². The van der Waals surface area contributed by atoms with E-state index in [4.69, 9.17) is 4.74 Å². The number of hydrogen-bond acceptors (Lipinski definition) is 3. The van der Waals surface area contributed by atoms with Gasteiger partial charge in [-0.05, 0) is 13.3 Å². The summed E-state index contributed by atoms with van der Waals surface area (Å²) in [5.41, 5.74) is 0. The van der Waals surface area contributed by atoms with Crippen LogP contribution in [-0.2, 0) is 14.3 Å². The van der Waals surface area contributed by atoms with Gasteiger partial charge in [0.1, 0.15) is 0 Å². The van der Waals surface area contributed by atoms with Gasteiger partial charge in [-0.2, -0.15) is 0 Å². The Morgan fingerprint density at radius 2 is 2.33 bits per heavy atom. The van der Waals surface area contributed by atoms with Crippen molar-refractivity contribution in [2.24, 2.45) is 5.92 Å². The summed E-state index contributed by atoms with van der Waals surface area (Å²) in [6.07, 6.45) is 2.40. The zero-order valence-electron chi connectivity index (χ0n) is 11.6. The molecule has 0 aromatic heterocycles. The van der Waals surface area contributed by atoms with Crippen LogP contribution < -0.4 is 5.32 Å². The molecule has 0 aromatic rings. The molecule has 0 bridgehead atoms. The van der Waals surface area contributed by atoms with Crippen LogP contribution in [0.2, 0.25) is 0 Å². The highest BCUT2D eigenvalue weighted by atomic mass is 16.5. The molecule has 1 aliphatic heterocycles. The number of nitrogens with zero attached hydrogens (tertiary/aromatic N) is 1. The average molecular weight is 256 g/mol. The van der Waals surface area contributed by atoms with Crippen LogP contribution in [0, 0.1) is 5.92 Å². The predicted molar refractivity (Wildman–Crippen MR) is 69.1 cm³/mol. The molecule has 5 nitrogen and oxygen atoms in total. The second kappa shape index (κ2) is 7.36. The number of ether oxygens (including phenoxy) is 1. The predicted octanol–water partition coefficient (Wildman–Crippen LogP) is 0.786. The maximum absolute atomic E-state index is 11.9. The Balaban J connectivity index is 2.39. The molecule has 0 radical (unpaired) electrons. The van der Waals surface area contributed by atoms with Gasteiger partial charge in [0.05, 0.1) is 12.5 Å². The fourth-order valence-electron chi connectivity index (χ4n) is 2.17. The molecule has 1 N–H and O–H groups in total. The van der Waals surface area contributed by atoms with Crippen molar-refractivity contribution in [2.75, 3.05) is 26.8 Å². The van der Waals surface area contributed by atoms with Crippen LogP contribution in [0.5, 0.6) is 0 Å². The van der Waals surface area contributed by atoms with Gasteiger partial charge in [0, 0.05) is 32.7 Å². The molecule has 0 spiro atoms.